The number of esters is 1. The molecular formula is C20H32O4. The Hall–Kier alpha value is -1.13. The lowest BCUT2D eigenvalue weighted by Crippen LogP contribution is -2.40. The number of allylic oxidation sites excluding steroid dienone is 2. The summed E-state index contributed by atoms with van der Waals surface area (Å²) in [5.41, 5.74) is 1.26. The van der Waals surface area contributed by atoms with Gasteiger partial charge in [0.05, 0.1) is 6.10 Å². The Bertz CT molecular complexity index is 534. The van der Waals surface area contributed by atoms with Crippen molar-refractivity contribution in [3.8, 4) is 0 Å². The number of carbonyl (C=O) groups is 1. The fraction of sp³-hybridized carbons (Fsp3) is 0.750. The minimum absolute atomic E-state index is 0.187. The highest BCUT2D eigenvalue weighted by molar-refractivity contribution is 5.87. The number of hydrogen-bond donors (Lipinski definition) is 1. The van der Waals surface area contributed by atoms with Gasteiger partial charge >= 0.3 is 5.97 Å². The highest BCUT2D eigenvalue weighted by atomic mass is 16.7. The zero-order chi connectivity index (χ0) is 18.1. The zero-order valence-corrected chi connectivity index (χ0v) is 15.8. The molecule has 1 aliphatic carbocycles. The van der Waals surface area contributed by atoms with E-state index in [0.717, 1.165) is 12.8 Å². The molecule has 4 nitrogen and oxygen atoms in total. The highest BCUT2D eigenvalue weighted by Crippen LogP contribution is 2.47. The number of hydrogen-bond acceptors (Lipinski definition) is 4. The summed E-state index contributed by atoms with van der Waals surface area (Å²) in [4.78, 5) is 12.2. The number of aliphatic hydroxyl groups excluding tert-OH is 1. The van der Waals surface area contributed by atoms with Gasteiger partial charge in [0.1, 0.15) is 17.8 Å². The minimum atomic E-state index is -0.607. The number of fused-ring (bicyclic) bond motifs is 1. The van der Waals surface area contributed by atoms with E-state index in [1.165, 1.54) is 5.57 Å². The number of ether oxygens (including phenoxy) is 2. The van der Waals surface area contributed by atoms with Crippen molar-refractivity contribution in [3.05, 3.63) is 23.3 Å². The van der Waals surface area contributed by atoms with Crippen LogP contribution in [0.2, 0.25) is 0 Å². The molecule has 5 atom stereocenters. The number of epoxide rings is 1. The molecule has 1 aliphatic heterocycles. The van der Waals surface area contributed by atoms with Crippen LogP contribution in [0.3, 0.4) is 0 Å². The molecule has 136 valence electrons. The third-order valence-corrected chi connectivity index (χ3v) is 5.69. The van der Waals surface area contributed by atoms with E-state index in [1.807, 2.05) is 13.8 Å². The van der Waals surface area contributed by atoms with E-state index >= 15 is 0 Å². The van der Waals surface area contributed by atoms with Crippen LogP contribution >= 0.6 is 0 Å². The summed E-state index contributed by atoms with van der Waals surface area (Å²) in [6.07, 6.45) is 5.28. The molecule has 2 rings (SSSR count). The van der Waals surface area contributed by atoms with E-state index in [0.29, 0.717) is 17.9 Å². The third-order valence-electron chi connectivity index (χ3n) is 5.69. The molecule has 0 unspecified atom stereocenters. The maximum Gasteiger partial charge on any atom is 0.333 e. The monoisotopic (exact) mass is 336 g/mol. The quantitative estimate of drug-likeness (QED) is 0.369. The van der Waals surface area contributed by atoms with E-state index in [9.17, 15) is 9.90 Å². The van der Waals surface area contributed by atoms with Crippen LogP contribution in [0, 0.1) is 11.8 Å². The number of carbonyl (C=O) groups excluding carboxylic acids is 1. The van der Waals surface area contributed by atoms with Gasteiger partial charge in [-0.3, -0.25) is 0 Å². The molecule has 0 aromatic heterocycles. The van der Waals surface area contributed by atoms with Gasteiger partial charge in [-0.05, 0) is 52.4 Å². The van der Waals surface area contributed by atoms with Crippen LogP contribution in [0.25, 0.3) is 0 Å². The minimum Gasteiger partial charge on any atom is -0.456 e. The van der Waals surface area contributed by atoms with Crippen LogP contribution in [-0.4, -0.2) is 35.0 Å². The summed E-state index contributed by atoms with van der Waals surface area (Å²) in [7, 11) is 0. The summed E-state index contributed by atoms with van der Waals surface area (Å²) in [5, 5.41) is 10.8. The van der Waals surface area contributed by atoms with Gasteiger partial charge in [-0.1, -0.05) is 31.6 Å². The van der Waals surface area contributed by atoms with Crippen molar-refractivity contribution in [2.45, 2.75) is 84.7 Å². The summed E-state index contributed by atoms with van der Waals surface area (Å²) in [6.45, 7) is 11.9. The van der Waals surface area contributed by atoms with E-state index in [1.54, 1.807) is 13.0 Å². The standard InChI is InChI=1S/C20H32O4/c1-7-14(5)19(22)23-16-11-9-13(4)8-10-15(12(2)3)17(21)18-20(16,6)24-18/h7,9,12,15-18,21H,8,10-11H2,1-6H3/b13-9+,14-7-/t15-,16-,17+,18-,20+/m0/s1. The lowest BCUT2D eigenvalue weighted by atomic mass is 9.79. The average Bonchev–Trinajstić information content (AvgIpc) is 3.22. The fourth-order valence-electron chi connectivity index (χ4n) is 3.57. The maximum absolute atomic E-state index is 12.2. The van der Waals surface area contributed by atoms with E-state index in [-0.39, 0.29) is 24.1 Å². The second-order valence-corrected chi connectivity index (χ2v) is 7.81. The molecule has 1 heterocycles. The molecule has 2 aliphatic rings. The molecule has 1 fully saturated rings. The molecule has 0 spiro atoms. The molecule has 0 bridgehead atoms. The molecular weight excluding hydrogens is 304 g/mol. The van der Waals surface area contributed by atoms with Crippen LogP contribution in [0.5, 0.6) is 0 Å². The normalized spacial score (nSPS) is 39.7. The van der Waals surface area contributed by atoms with E-state index < -0.39 is 11.7 Å². The summed E-state index contributed by atoms with van der Waals surface area (Å²) >= 11 is 0. The number of aliphatic hydroxyl groups is 1. The van der Waals surface area contributed by atoms with E-state index in [2.05, 4.69) is 26.8 Å². The Labute approximate surface area is 145 Å². The van der Waals surface area contributed by atoms with Crippen molar-refractivity contribution >= 4 is 5.97 Å². The smallest absolute Gasteiger partial charge is 0.333 e. The second kappa shape index (κ2) is 7.40. The molecule has 0 amide bonds. The van der Waals surface area contributed by atoms with Crippen LogP contribution < -0.4 is 0 Å². The first-order valence-electron chi connectivity index (χ1n) is 9.06. The first kappa shape index (κ1) is 19.2. The summed E-state index contributed by atoms with van der Waals surface area (Å²) in [6, 6.07) is 0. The van der Waals surface area contributed by atoms with Crippen molar-refractivity contribution in [1.82, 2.24) is 0 Å². The first-order chi connectivity index (χ1) is 11.2. The Morgan fingerprint density at radius 3 is 2.75 bits per heavy atom. The second-order valence-electron chi connectivity index (χ2n) is 7.81. The maximum atomic E-state index is 12.2. The molecule has 1 N–H and O–H groups in total. The van der Waals surface area contributed by atoms with Crippen LogP contribution in [-0.2, 0) is 14.3 Å². The predicted molar refractivity (Wildman–Crippen MR) is 94.5 cm³/mol. The van der Waals surface area contributed by atoms with Crippen molar-refractivity contribution in [2.24, 2.45) is 11.8 Å². The van der Waals surface area contributed by atoms with Gasteiger partial charge < -0.3 is 14.6 Å². The topological polar surface area (TPSA) is 59.1 Å². The Morgan fingerprint density at radius 2 is 2.17 bits per heavy atom. The largest absolute Gasteiger partial charge is 0.456 e. The van der Waals surface area contributed by atoms with Crippen LogP contribution in [0.15, 0.2) is 23.3 Å². The van der Waals surface area contributed by atoms with E-state index in [4.69, 9.17) is 9.47 Å². The van der Waals surface area contributed by atoms with Crippen LogP contribution in [0.1, 0.15) is 60.8 Å². The lowest BCUT2D eigenvalue weighted by Gasteiger charge is -2.29. The van der Waals surface area contributed by atoms with Gasteiger partial charge in [0.15, 0.2) is 0 Å². The van der Waals surface area contributed by atoms with Gasteiger partial charge in [-0.25, -0.2) is 4.79 Å². The summed E-state index contributed by atoms with van der Waals surface area (Å²) in [5.74, 6) is 0.259. The highest BCUT2D eigenvalue weighted by Gasteiger charge is 2.63. The molecule has 24 heavy (non-hydrogen) atoms. The Morgan fingerprint density at radius 1 is 1.50 bits per heavy atom. The van der Waals surface area contributed by atoms with Gasteiger partial charge in [0.2, 0.25) is 0 Å². The van der Waals surface area contributed by atoms with Crippen molar-refractivity contribution in [1.29, 1.82) is 0 Å². The Kier molecular flexibility index (Phi) is 5.92. The van der Waals surface area contributed by atoms with Gasteiger partial charge in [0, 0.05) is 12.0 Å². The predicted octanol–water partition coefficient (Wildman–Crippen LogP) is 3.79. The van der Waals surface area contributed by atoms with Gasteiger partial charge in [-0.15, -0.1) is 0 Å². The van der Waals surface area contributed by atoms with Crippen molar-refractivity contribution < 1.29 is 19.4 Å². The summed E-state index contributed by atoms with van der Waals surface area (Å²) < 4.78 is 11.7. The van der Waals surface area contributed by atoms with Gasteiger partial charge in [-0.2, -0.15) is 0 Å². The average molecular weight is 336 g/mol. The molecule has 1 saturated heterocycles. The molecule has 0 radical (unpaired) electrons. The zero-order valence-electron chi connectivity index (χ0n) is 15.8. The van der Waals surface area contributed by atoms with Crippen molar-refractivity contribution in [2.75, 3.05) is 0 Å². The molecule has 0 aromatic rings. The first-order valence-corrected chi connectivity index (χ1v) is 9.06. The fourth-order valence-corrected chi connectivity index (χ4v) is 3.57. The third kappa shape index (κ3) is 3.92. The van der Waals surface area contributed by atoms with Crippen LogP contribution in [0.4, 0.5) is 0 Å². The SMILES string of the molecule is C/C=C(/C)C(=O)O[C@H]1C/C=C(\C)CC[C@@H](C(C)C)[C@@H](O)[C@@H]2O[C@]12C. The molecule has 0 saturated carbocycles. The lowest BCUT2D eigenvalue weighted by molar-refractivity contribution is -0.147. The molecule has 0 aromatic carbocycles. The van der Waals surface area contributed by atoms with Gasteiger partial charge in [0.25, 0.3) is 0 Å². The number of rotatable bonds is 3. The Balaban J connectivity index is 2.25. The van der Waals surface area contributed by atoms with Crippen molar-refractivity contribution in [3.63, 3.8) is 0 Å². The molecule has 4 heteroatoms.